The van der Waals surface area contributed by atoms with Crippen molar-refractivity contribution in [3.05, 3.63) is 64.0 Å². The fourth-order valence-corrected chi connectivity index (χ4v) is 3.49. The van der Waals surface area contributed by atoms with Crippen LogP contribution in [0.3, 0.4) is 0 Å². The maximum absolute atomic E-state index is 12.3. The SMILES string of the molecule is COC(=O)c1cccc(OC(=O)c2sc3ccccc3c2Cl)c1. The number of fused-ring (bicyclic) bond motifs is 1. The number of esters is 2. The van der Waals surface area contributed by atoms with Crippen molar-refractivity contribution < 1.29 is 19.1 Å². The highest BCUT2D eigenvalue weighted by molar-refractivity contribution is 7.21. The number of hydrogen-bond acceptors (Lipinski definition) is 5. The molecule has 0 saturated heterocycles. The van der Waals surface area contributed by atoms with Crippen LogP contribution in [0.1, 0.15) is 20.0 Å². The van der Waals surface area contributed by atoms with E-state index in [0.29, 0.717) is 15.5 Å². The number of benzene rings is 2. The molecule has 23 heavy (non-hydrogen) atoms. The van der Waals surface area contributed by atoms with Gasteiger partial charge in [0.2, 0.25) is 0 Å². The topological polar surface area (TPSA) is 52.6 Å². The molecule has 0 amide bonds. The molecule has 0 aliphatic carbocycles. The first kappa shape index (κ1) is 15.5. The van der Waals surface area contributed by atoms with Gasteiger partial charge in [0.15, 0.2) is 0 Å². The maximum atomic E-state index is 12.3. The molecule has 0 fully saturated rings. The second-order valence-corrected chi connectivity index (χ2v) is 6.08. The average Bonchev–Trinajstić information content (AvgIpc) is 2.92. The van der Waals surface area contributed by atoms with Crippen molar-refractivity contribution in [1.29, 1.82) is 0 Å². The van der Waals surface area contributed by atoms with Crippen molar-refractivity contribution in [3.63, 3.8) is 0 Å². The van der Waals surface area contributed by atoms with E-state index < -0.39 is 11.9 Å². The van der Waals surface area contributed by atoms with Crippen LogP contribution in [0.15, 0.2) is 48.5 Å². The summed E-state index contributed by atoms with van der Waals surface area (Å²) >= 11 is 7.53. The van der Waals surface area contributed by atoms with Crippen molar-refractivity contribution in [2.24, 2.45) is 0 Å². The van der Waals surface area contributed by atoms with E-state index in [-0.39, 0.29) is 5.75 Å². The molecule has 1 heterocycles. The molecule has 0 spiro atoms. The summed E-state index contributed by atoms with van der Waals surface area (Å²) < 4.78 is 10.9. The van der Waals surface area contributed by atoms with Crippen LogP contribution in [0.2, 0.25) is 5.02 Å². The normalized spacial score (nSPS) is 10.5. The van der Waals surface area contributed by atoms with Gasteiger partial charge in [-0.05, 0) is 24.3 Å². The second-order valence-electron chi connectivity index (χ2n) is 4.65. The Kier molecular flexibility index (Phi) is 4.32. The molecule has 1 aromatic heterocycles. The summed E-state index contributed by atoms with van der Waals surface area (Å²) in [6, 6.07) is 13.7. The molecule has 4 nitrogen and oxygen atoms in total. The molecule has 0 radical (unpaired) electrons. The number of carbonyl (C=O) groups is 2. The number of ether oxygens (including phenoxy) is 2. The summed E-state index contributed by atoms with van der Waals surface area (Å²) in [6.45, 7) is 0. The van der Waals surface area contributed by atoms with E-state index >= 15 is 0 Å². The fraction of sp³-hybridized carbons (Fsp3) is 0.0588. The Morgan fingerprint density at radius 1 is 1.04 bits per heavy atom. The highest BCUT2D eigenvalue weighted by Crippen LogP contribution is 2.35. The number of hydrogen-bond donors (Lipinski definition) is 0. The first-order valence-corrected chi connectivity index (χ1v) is 7.87. The predicted octanol–water partition coefficient (Wildman–Crippen LogP) is 4.56. The zero-order valence-electron chi connectivity index (χ0n) is 12.0. The average molecular weight is 347 g/mol. The summed E-state index contributed by atoms with van der Waals surface area (Å²) in [5.41, 5.74) is 0.306. The van der Waals surface area contributed by atoms with E-state index in [1.807, 2.05) is 24.3 Å². The summed E-state index contributed by atoms with van der Waals surface area (Å²) in [6.07, 6.45) is 0. The van der Waals surface area contributed by atoms with E-state index in [0.717, 1.165) is 10.1 Å². The number of thiophene rings is 1. The van der Waals surface area contributed by atoms with Crippen LogP contribution in [-0.4, -0.2) is 19.0 Å². The molecular weight excluding hydrogens is 336 g/mol. The minimum absolute atomic E-state index is 0.256. The Balaban J connectivity index is 1.89. The van der Waals surface area contributed by atoms with Gasteiger partial charge in [0.05, 0.1) is 17.7 Å². The van der Waals surface area contributed by atoms with Crippen LogP contribution in [0.25, 0.3) is 10.1 Å². The first-order valence-electron chi connectivity index (χ1n) is 6.67. The first-order chi connectivity index (χ1) is 11.1. The third-order valence-corrected chi connectivity index (χ3v) is 4.84. The smallest absolute Gasteiger partial charge is 0.355 e. The zero-order valence-corrected chi connectivity index (χ0v) is 13.6. The standard InChI is InChI=1S/C17H11ClO4S/c1-21-16(19)10-5-4-6-11(9-10)22-17(20)15-14(18)12-7-2-3-8-13(12)23-15/h2-9H,1H3. The largest absolute Gasteiger partial charge is 0.465 e. The lowest BCUT2D eigenvalue weighted by Crippen LogP contribution is -2.08. The summed E-state index contributed by atoms with van der Waals surface area (Å²) in [4.78, 5) is 24.2. The van der Waals surface area contributed by atoms with Crippen LogP contribution in [0, 0.1) is 0 Å². The molecule has 0 unspecified atom stereocenters. The zero-order chi connectivity index (χ0) is 16.4. The van der Waals surface area contributed by atoms with Gasteiger partial charge >= 0.3 is 11.9 Å². The van der Waals surface area contributed by atoms with E-state index in [2.05, 4.69) is 4.74 Å². The molecule has 0 atom stereocenters. The molecule has 3 rings (SSSR count). The van der Waals surface area contributed by atoms with Gasteiger partial charge in [0.25, 0.3) is 0 Å². The molecule has 6 heteroatoms. The van der Waals surface area contributed by atoms with Crippen LogP contribution in [0.5, 0.6) is 5.75 Å². The van der Waals surface area contributed by atoms with E-state index in [1.54, 1.807) is 18.2 Å². The van der Waals surface area contributed by atoms with Crippen molar-refractivity contribution in [2.45, 2.75) is 0 Å². The number of methoxy groups -OCH3 is 1. The van der Waals surface area contributed by atoms with Gasteiger partial charge in [0, 0.05) is 10.1 Å². The van der Waals surface area contributed by atoms with Gasteiger partial charge in [-0.2, -0.15) is 0 Å². The second kappa shape index (κ2) is 6.40. The summed E-state index contributed by atoms with van der Waals surface area (Å²) in [7, 11) is 1.29. The molecule has 2 aromatic carbocycles. The van der Waals surface area contributed by atoms with Crippen LogP contribution < -0.4 is 4.74 Å². The Hall–Kier alpha value is -2.37. The van der Waals surface area contributed by atoms with Gasteiger partial charge in [-0.3, -0.25) is 0 Å². The highest BCUT2D eigenvalue weighted by atomic mass is 35.5. The van der Waals surface area contributed by atoms with Gasteiger partial charge in [-0.1, -0.05) is 35.9 Å². The Morgan fingerprint density at radius 2 is 1.83 bits per heavy atom. The van der Waals surface area contributed by atoms with Gasteiger partial charge in [0.1, 0.15) is 10.6 Å². The van der Waals surface area contributed by atoms with Crippen molar-refractivity contribution in [2.75, 3.05) is 7.11 Å². The van der Waals surface area contributed by atoms with Gasteiger partial charge in [-0.25, -0.2) is 9.59 Å². The monoisotopic (exact) mass is 346 g/mol. The van der Waals surface area contributed by atoms with Crippen molar-refractivity contribution in [3.8, 4) is 5.75 Å². The Labute approximate surface area is 141 Å². The molecule has 0 aliphatic heterocycles. The van der Waals surface area contributed by atoms with Crippen LogP contribution in [0.4, 0.5) is 0 Å². The molecular formula is C17H11ClO4S. The lowest BCUT2D eigenvalue weighted by atomic mass is 10.2. The summed E-state index contributed by atoms with van der Waals surface area (Å²) in [5.74, 6) is -0.799. The van der Waals surface area contributed by atoms with Gasteiger partial charge in [-0.15, -0.1) is 11.3 Å². The molecule has 0 saturated carbocycles. The van der Waals surface area contributed by atoms with Crippen LogP contribution in [-0.2, 0) is 4.74 Å². The number of carbonyl (C=O) groups excluding carboxylic acids is 2. The molecule has 3 aromatic rings. The number of rotatable bonds is 3. The fourth-order valence-electron chi connectivity index (χ4n) is 2.10. The van der Waals surface area contributed by atoms with Crippen LogP contribution >= 0.6 is 22.9 Å². The van der Waals surface area contributed by atoms with E-state index in [1.165, 1.54) is 24.5 Å². The predicted molar refractivity (Wildman–Crippen MR) is 89.6 cm³/mol. The minimum Gasteiger partial charge on any atom is -0.465 e. The molecule has 0 bridgehead atoms. The van der Waals surface area contributed by atoms with E-state index in [4.69, 9.17) is 16.3 Å². The molecule has 116 valence electrons. The van der Waals surface area contributed by atoms with E-state index in [9.17, 15) is 9.59 Å². The minimum atomic E-state index is -0.557. The maximum Gasteiger partial charge on any atom is 0.355 e. The number of halogens is 1. The van der Waals surface area contributed by atoms with Crippen molar-refractivity contribution in [1.82, 2.24) is 0 Å². The Bertz CT molecular complexity index is 900. The molecule has 0 N–H and O–H groups in total. The third-order valence-electron chi connectivity index (χ3n) is 3.19. The lowest BCUT2D eigenvalue weighted by molar-refractivity contribution is 0.0597. The third kappa shape index (κ3) is 3.06. The van der Waals surface area contributed by atoms with Crippen molar-refractivity contribution >= 4 is 45.0 Å². The Morgan fingerprint density at radius 3 is 2.57 bits per heavy atom. The molecule has 0 aliphatic rings. The lowest BCUT2D eigenvalue weighted by Gasteiger charge is -2.05. The van der Waals surface area contributed by atoms with Gasteiger partial charge < -0.3 is 9.47 Å². The quantitative estimate of drug-likeness (QED) is 0.515. The highest BCUT2D eigenvalue weighted by Gasteiger charge is 2.19. The summed E-state index contributed by atoms with van der Waals surface area (Å²) in [5, 5.41) is 1.19.